The molecule has 2 rings (SSSR count). The number of esters is 1. The number of carbonyl (C=O) groups is 2. The molecule has 2 aliphatic rings. The number of aliphatic hydroxyl groups is 3. The third-order valence-electron chi connectivity index (χ3n) is 9.66. The minimum absolute atomic E-state index is 0.0663. The van der Waals surface area contributed by atoms with Crippen molar-refractivity contribution in [1.82, 2.24) is 4.90 Å². The second-order valence-electron chi connectivity index (χ2n) is 13.2. The molecule has 2 saturated heterocycles. The molecule has 0 amide bonds. The molecule has 0 aromatic carbocycles. The van der Waals surface area contributed by atoms with E-state index in [4.69, 9.17) is 18.9 Å². The van der Waals surface area contributed by atoms with Gasteiger partial charge in [0.1, 0.15) is 24.1 Å². The average Bonchev–Trinajstić information content (AvgIpc) is 2.91. The molecule has 10 heteroatoms. The summed E-state index contributed by atoms with van der Waals surface area (Å²) in [7, 11) is 5.40. The molecule has 1 unspecified atom stereocenters. The van der Waals surface area contributed by atoms with E-state index in [-0.39, 0.29) is 30.4 Å². The lowest BCUT2D eigenvalue weighted by Gasteiger charge is -2.45. The average molecular weight is 588 g/mol. The molecule has 0 spiro atoms. The first-order chi connectivity index (χ1) is 19.1. The maximum atomic E-state index is 13.4. The molecule has 41 heavy (non-hydrogen) atoms. The summed E-state index contributed by atoms with van der Waals surface area (Å²) in [6.07, 6.45) is -2.07. The second kappa shape index (κ2) is 15.5. The van der Waals surface area contributed by atoms with Crippen LogP contribution >= 0.6 is 0 Å². The molecule has 10 nitrogen and oxygen atoms in total. The normalized spacial score (nSPS) is 45.6. The lowest BCUT2D eigenvalue weighted by atomic mass is 9.71. The van der Waals surface area contributed by atoms with Crippen molar-refractivity contribution >= 4 is 12.3 Å². The fourth-order valence-corrected chi connectivity index (χ4v) is 7.06. The molecule has 0 aromatic rings. The standard InChI is InChI=1S/C31H57NO9/c1-11-25-31(7,37)22(12-13-33)18(3)14-17(2)15-24(38-10)28(20(5)26(34)21(6)29(36)40-25)41-30-27(35)23(32(8)9)16-19(4)39-30/h13,17-28,30,34-35,37H,11-12,14-16H2,1-10H3/t17-,18?,19+,20+,21+,22-,23-,24+,25+,26-,27+,28+,30-,31-/m0/s1. The molecule has 14 atom stereocenters. The molecule has 0 aliphatic carbocycles. The summed E-state index contributed by atoms with van der Waals surface area (Å²) in [4.78, 5) is 27.0. The van der Waals surface area contributed by atoms with Crippen molar-refractivity contribution < 1.29 is 43.9 Å². The second-order valence-corrected chi connectivity index (χ2v) is 13.2. The highest BCUT2D eigenvalue weighted by atomic mass is 16.7. The lowest BCUT2D eigenvalue weighted by molar-refractivity contribution is -0.289. The van der Waals surface area contributed by atoms with Gasteiger partial charge in [0, 0.05) is 31.4 Å². The predicted molar refractivity (Wildman–Crippen MR) is 155 cm³/mol. The fourth-order valence-electron chi connectivity index (χ4n) is 7.06. The number of carbonyl (C=O) groups excluding carboxylic acids is 2. The zero-order valence-corrected chi connectivity index (χ0v) is 26.9. The lowest BCUT2D eigenvalue weighted by Crippen LogP contribution is -2.57. The zero-order chi connectivity index (χ0) is 31.2. The zero-order valence-electron chi connectivity index (χ0n) is 26.9. The Hall–Kier alpha value is -1.14. The van der Waals surface area contributed by atoms with Crippen molar-refractivity contribution in [2.45, 2.75) is 135 Å². The van der Waals surface area contributed by atoms with E-state index in [1.807, 2.05) is 39.8 Å². The predicted octanol–water partition coefficient (Wildman–Crippen LogP) is 2.79. The van der Waals surface area contributed by atoms with E-state index in [0.29, 0.717) is 25.7 Å². The summed E-state index contributed by atoms with van der Waals surface area (Å²) in [5.74, 6) is -2.57. The number of aliphatic hydroxyl groups excluding tert-OH is 2. The number of nitrogens with zero attached hydrogens (tertiary/aromatic N) is 1. The van der Waals surface area contributed by atoms with Gasteiger partial charge in [-0.3, -0.25) is 4.79 Å². The SMILES string of the molecule is CC[C@H]1OC(=O)[C@H](C)[C@@H](O)[C@@H](C)[C@@H](O[C@@H]2O[C@H](C)C[C@H](N(C)C)[C@H]2O)[C@H](OC)C[C@@H](C)CC(C)[C@H](CC=O)[C@]1(C)O. The number of methoxy groups -OCH3 is 1. The number of ether oxygens (including phenoxy) is 4. The van der Waals surface area contributed by atoms with E-state index in [9.17, 15) is 24.9 Å². The van der Waals surface area contributed by atoms with Gasteiger partial charge < -0.3 is 44.0 Å². The van der Waals surface area contributed by atoms with Crippen molar-refractivity contribution in [2.24, 2.45) is 29.6 Å². The fraction of sp³-hybridized carbons (Fsp3) is 0.935. The Morgan fingerprint density at radius 3 is 2.24 bits per heavy atom. The van der Waals surface area contributed by atoms with Crippen molar-refractivity contribution in [3.05, 3.63) is 0 Å². The van der Waals surface area contributed by atoms with E-state index in [2.05, 4.69) is 6.92 Å². The molecule has 0 saturated carbocycles. The number of hydrogen-bond acceptors (Lipinski definition) is 10. The van der Waals surface area contributed by atoms with Gasteiger partial charge in [0.25, 0.3) is 0 Å². The molecule has 2 fully saturated rings. The summed E-state index contributed by atoms with van der Waals surface area (Å²) in [6, 6.07) is -0.175. The molecule has 0 bridgehead atoms. The summed E-state index contributed by atoms with van der Waals surface area (Å²) in [6.45, 7) is 12.9. The Bertz CT molecular complexity index is 823. The van der Waals surface area contributed by atoms with Crippen LogP contribution in [0.15, 0.2) is 0 Å². The van der Waals surface area contributed by atoms with Gasteiger partial charge in [-0.1, -0.05) is 27.7 Å². The number of likely N-dealkylation sites (N-methyl/N-ethyl adjacent to an activating group) is 1. The van der Waals surface area contributed by atoms with Crippen LogP contribution in [0.25, 0.3) is 0 Å². The molecule has 0 aromatic heterocycles. The van der Waals surface area contributed by atoms with Gasteiger partial charge in [0.05, 0.1) is 30.3 Å². The van der Waals surface area contributed by atoms with Crippen molar-refractivity contribution in [3.8, 4) is 0 Å². The maximum absolute atomic E-state index is 13.4. The summed E-state index contributed by atoms with van der Waals surface area (Å²) in [5, 5.41) is 34.3. The Labute approximate surface area is 247 Å². The number of cyclic esters (lactones) is 1. The van der Waals surface area contributed by atoms with Gasteiger partial charge in [-0.05, 0) is 72.4 Å². The van der Waals surface area contributed by atoms with Crippen LogP contribution < -0.4 is 0 Å². The first-order valence-electron chi connectivity index (χ1n) is 15.3. The van der Waals surface area contributed by atoms with Gasteiger partial charge in [-0.15, -0.1) is 0 Å². The maximum Gasteiger partial charge on any atom is 0.311 e. The Morgan fingerprint density at radius 1 is 1.07 bits per heavy atom. The number of rotatable bonds is 7. The van der Waals surface area contributed by atoms with Crippen LogP contribution in [0.1, 0.15) is 80.6 Å². The summed E-state index contributed by atoms with van der Waals surface area (Å²) < 4.78 is 24.4. The van der Waals surface area contributed by atoms with Crippen LogP contribution in [0.3, 0.4) is 0 Å². The minimum Gasteiger partial charge on any atom is -0.459 e. The first-order valence-corrected chi connectivity index (χ1v) is 15.3. The Kier molecular flexibility index (Phi) is 13.7. The Morgan fingerprint density at radius 2 is 1.71 bits per heavy atom. The van der Waals surface area contributed by atoms with Crippen LogP contribution in [-0.2, 0) is 28.5 Å². The van der Waals surface area contributed by atoms with E-state index in [1.54, 1.807) is 27.9 Å². The molecular weight excluding hydrogens is 530 g/mol. The van der Waals surface area contributed by atoms with Gasteiger partial charge in [0.2, 0.25) is 0 Å². The van der Waals surface area contributed by atoms with Crippen LogP contribution in [-0.4, -0.2) is 108 Å². The van der Waals surface area contributed by atoms with Gasteiger partial charge in [-0.25, -0.2) is 0 Å². The van der Waals surface area contributed by atoms with Crippen LogP contribution in [0.5, 0.6) is 0 Å². The van der Waals surface area contributed by atoms with Gasteiger partial charge in [-0.2, -0.15) is 0 Å². The van der Waals surface area contributed by atoms with Crippen molar-refractivity contribution in [1.29, 1.82) is 0 Å². The number of aldehydes is 1. The van der Waals surface area contributed by atoms with E-state index in [0.717, 1.165) is 6.29 Å². The molecular formula is C31H57NO9. The van der Waals surface area contributed by atoms with Gasteiger partial charge in [0.15, 0.2) is 6.29 Å². The molecule has 3 N–H and O–H groups in total. The quantitative estimate of drug-likeness (QED) is 0.301. The monoisotopic (exact) mass is 587 g/mol. The molecule has 0 radical (unpaired) electrons. The highest BCUT2D eigenvalue weighted by Gasteiger charge is 2.47. The van der Waals surface area contributed by atoms with E-state index in [1.165, 1.54) is 0 Å². The highest BCUT2D eigenvalue weighted by Crippen LogP contribution is 2.39. The van der Waals surface area contributed by atoms with Crippen LogP contribution in [0.4, 0.5) is 0 Å². The number of hydrogen-bond donors (Lipinski definition) is 3. The minimum atomic E-state index is -1.44. The van der Waals surface area contributed by atoms with Gasteiger partial charge >= 0.3 is 5.97 Å². The van der Waals surface area contributed by atoms with Crippen LogP contribution in [0, 0.1) is 29.6 Å². The largest absolute Gasteiger partial charge is 0.459 e. The van der Waals surface area contributed by atoms with E-state index >= 15 is 0 Å². The van der Waals surface area contributed by atoms with E-state index < -0.39 is 66.1 Å². The highest BCUT2D eigenvalue weighted by molar-refractivity contribution is 5.73. The smallest absolute Gasteiger partial charge is 0.311 e. The summed E-state index contributed by atoms with van der Waals surface area (Å²) in [5.41, 5.74) is -1.44. The van der Waals surface area contributed by atoms with Crippen molar-refractivity contribution in [2.75, 3.05) is 21.2 Å². The Balaban J connectivity index is 2.51. The molecule has 2 aliphatic heterocycles. The summed E-state index contributed by atoms with van der Waals surface area (Å²) >= 11 is 0. The first kappa shape index (κ1) is 36.1. The third-order valence-corrected chi connectivity index (χ3v) is 9.66. The topological polar surface area (TPSA) is 135 Å². The molecule has 240 valence electrons. The van der Waals surface area contributed by atoms with Crippen LogP contribution in [0.2, 0.25) is 0 Å². The van der Waals surface area contributed by atoms with Crippen molar-refractivity contribution in [3.63, 3.8) is 0 Å². The third kappa shape index (κ3) is 8.71. The molecule has 2 heterocycles.